The van der Waals surface area contributed by atoms with E-state index in [0.29, 0.717) is 44.7 Å². The van der Waals surface area contributed by atoms with E-state index in [2.05, 4.69) is 31.6 Å². The van der Waals surface area contributed by atoms with Crippen molar-refractivity contribution in [3.8, 4) is 11.4 Å². The van der Waals surface area contributed by atoms with E-state index >= 15 is 0 Å². The van der Waals surface area contributed by atoms with Crippen LogP contribution in [0, 0.1) is 12.7 Å². The van der Waals surface area contributed by atoms with Crippen molar-refractivity contribution in [1.82, 2.24) is 45.8 Å². The molecule has 0 radical (unpaired) electrons. The fourth-order valence-corrected chi connectivity index (χ4v) is 7.31. The van der Waals surface area contributed by atoms with Crippen molar-refractivity contribution in [2.45, 2.75) is 64.6 Å². The molecule has 7 N–H and O–H groups in total. The topological polar surface area (TPSA) is 264 Å². The van der Waals surface area contributed by atoms with E-state index in [1.54, 1.807) is 61.1 Å². The first kappa shape index (κ1) is 42.2. The fourth-order valence-electron chi connectivity index (χ4n) is 7.31. The lowest BCUT2D eigenvalue weighted by atomic mass is 9.86. The molecule has 5 heterocycles. The molecule has 0 unspecified atom stereocenters. The monoisotopic (exact) mass is 838 g/mol. The Hall–Kier alpha value is -6.90. The zero-order chi connectivity index (χ0) is 43.4. The molecular weight excluding hydrogens is 796 g/mol. The number of aromatic nitrogens is 5. The highest BCUT2D eigenvalue weighted by molar-refractivity contribution is 5.92. The number of aryl methyl sites for hydroxylation is 1. The fraction of sp³-hybridized carbons (Fsp3) is 0.341. The van der Waals surface area contributed by atoms with Crippen LogP contribution in [0.3, 0.4) is 0 Å². The summed E-state index contributed by atoms with van der Waals surface area (Å²) in [6.45, 7) is 1.86. The number of cyclic esters (lactones) is 1. The van der Waals surface area contributed by atoms with E-state index in [4.69, 9.17) is 20.2 Å². The number of rotatable bonds is 16. The lowest BCUT2D eigenvalue weighted by molar-refractivity contribution is -0.172. The maximum Gasteiger partial charge on any atom is 0.343 e. The molecule has 2 aromatic carbocycles. The van der Waals surface area contributed by atoms with Crippen LogP contribution in [-0.4, -0.2) is 91.7 Å². The lowest BCUT2D eigenvalue weighted by Crippen LogP contribution is -2.52. The normalized spacial score (nSPS) is 15.6. The van der Waals surface area contributed by atoms with Gasteiger partial charge in [0.15, 0.2) is 5.60 Å². The molecule has 0 saturated heterocycles. The van der Waals surface area contributed by atoms with Crippen LogP contribution in [0.25, 0.3) is 22.3 Å². The van der Waals surface area contributed by atoms with Gasteiger partial charge in [-0.2, -0.15) is 0 Å². The van der Waals surface area contributed by atoms with Gasteiger partial charge in [-0.25, -0.2) is 18.9 Å². The first-order valence-corrected chi connectivity index (χ1v) is 19.4. The summed E-state index contributed by atoms with van der Waals surface area (Å²) in [6.07, 6.45) is 1.75. The Morgan fingerprint density at radius 2 is 1.80 bits per heavy atom. The van der Waals surface area contributed by atoms with Gasteiger partial charge in [0.25, 0.3) is 5.56 Å². The van der Waals surface area contributed by atoms with Gasteiger partial charge in [-0.3, -0.25) is 24.0 Å². The molecule has 2 aliphatic rings. The molecular formula is C41H43FN10O9. The van der Waals surface area contributed by atoms with Crippen molar-refractivity contribution >= 4 is 40.5 Å². The molecule has 0 spiro atoms. The summed E-state index contributed by atoms with van der Waals surface area (Å²) in [5.41, 5.74) is 7.23. The van der Waals surface area contributed by atoms with Gasteiger partial charge in [0.2, 0.25) is 23.6 Å². The maximum absolute atomic E-state index is 14.9. The van der Waals surface area contributed by atoms with Gasteiger partial charge >= 0.3 is 5.97 Å². The third-order valence-corrected chi connectivity index (χ3v) is 10.6. The summed E-state index contributed by atoms with van der Waals surface area (Å²) < 4.78 is 28.8. The Morgan fingerprint density at radius 1 is 1.03 bits per heavy atom. The highest BCUT2D eigenvalue weighted by Gasteiger charge is 2.45. The Labute approximate surface area is 346 Å². The second-order valence-corrected chi connectivity index (χ2v) is 14.6. The van der Waals surface area contributed by atoms with Gasteiger partial charge in [-0.1, -0.05) is 42.5 Å². The summed E-state index contributed by atoms with van der Waals surface area (Å²) in [5, 5.41) is 30.3. The van der Waals surface area contributed by atoms with Crippen LogP contribution in [0.2, 0.25) is 0 Å². The van der Waals surface area contributed by atoms with E-state index in [0.717, 1.165) is 5.56 Å². The Bertz CT molecular complexity index is 2610. The summed E-state index contributed by atoms with van der Waals surface area (Å²) in [7, 11) is 0. The number of halogens is 1. The zero-order valence-corrected chi connectivity index (χ0v) is 33.2. The molecule has 318 valence electrons. The van der Waals surface area contributed by atoms with Crippen molar-refractivity contribution < 1.29 is 42.9 Å². The number of carbonyl (C=O) groups excluding carboxylic acids is 5. The molecule has 61 heavy (non-hydrogen) atoms. The van der Waals surface area contributed by atoms with Crippen LogP contribution in [0.15, 0.2) is 59.5 Å². The minimum absolute atomic E-state index is 0.0162. The molecule has 19 nitrogen and oxygen atoms in total. The first-order valence-electron chi connectivity index (χ1n) is 19.4. The largest absolute Gasteiger partial charge is 0.458 e. The number of nitrogens with zero attached hydrogens (tertiary/aromatic N) is 5. The van der Waals surface area contributed by atoms with Crippen LogP contribution < -0.4 is 32.6 Å². The molecule has 5 aromatic rings. The SMILES string of the molecule is CC[C@@]1(O)C(=O)OCc2c1cc1n(c2=O)Cc2c-1nc1cc(F)c(C)cc1c2Cn1cc(COCNC(=O)CNC(=O)[C@H](Cc2ccccc2)NC(=O)CNC(=O)CN)nn1. The number of nitrogens with one attached hydrogen (secondary N) is 4. The van der Waals surface area contributed by atoms with Crippen molar-refractivity contribution in [3.63, 3.8) is 0 Å². The van der Waals surface area contributed by atoms with Crippen LogP contribution in [-0.2, 0) is 71.8 Å². The Morgan fingerprint density at radius 3 is 2.56 bits per heavy atom. The molecule has 20 heteroatoms. The molecule has 0 aliphatic carbocycles. The Kier molecular flexibility index (Phi) is 12.3. The number of benzene rings is 2. The van der Waals surface area contributed by atoms with E-state index in [1.165, 1.54) is 10.6 Å². The van der Waals surface area contributed by atoms with Gasteiger partial charge in [0, 0.05) is 29.0 Å². The summed E-state index contributed by atoms with van der Waals surface area (Å²) in [4.78, 5) is 80.8. The minimum atomic E-state index is -2.01. The van der Waals surface area contributed by atoms with Crippen molar-refractivity contribution in [2.24, 2.45) is 5.73 Å². The number of esters is 1. The highest BCUT2D eigenvalue weighted by Crippen LogP contribution is 2.40. The lowest BCUT2D eigenvalue weighted by Gasteiger charge is -2.31. The number of amides is 4. The standard InChI is InChI=1S/C41H43FN10O9/c1-3-41(59)29-11-33-37-27(18-52(33)39(57)28(29)20-61-40(41)58)26(25-9-22(2)30(42)12-31(25)48-37)17-51-16-24(49-50-51)19-60-21-46-35(54)14-45-38(56)32(10-23-7-5-4-6-8-23)47-36(55)15-44-34(53)13-43/h4-9,11-12,16,32,59H,3,10,13-15,17-21,43H2,1-2H3,(H,44,53)(H,45,56)(H,46,54)(H,47,55)/t32-,41-/m0/s1. The average molecular weight is 839 g/mol. The minimum Gasteiger partial charge on any atom is -0.458 e. The van der Waals surface area contributed by atoms with Crippen LogP contribution in [0.4, 0.5) is 4.39 Å². The summed E-state index contributed by atoms with van der Waals surface area (Å²) in [5.74, 6) is -3.64. The molecule has 4 amide bonds. The molecule has 7 rings (SSSR count). The predicted octanol–water partition coefficient (Wildman–Crippen LogP) is -0.324. The molecule has 2 atom stereocenters. The van der Waals surface area contributed by atoms with Crippen molar-refractivity contribution in [1.29, 1.82) is 0 Å². The van der Waals surface area contributed by atoms with Gasteiger partial charge < -0.3 is 46.1 Å². The third kappa shape index (κ3) is 8.86. The number of hydrogen-bond donors (Lipinski definition) is 6. The predicted molar refractivity (Wildman–Crippen MR) is 213 cm³/mol. The van der Waals surface area contributed by atoms with Crippen LogP contribution in [0.1, 0.15) is 52.4 Å². The van der Waals surface area contributed by atoms with Crippen LogP contribution >= 0.6 is 0 Å². The van der Waals surface area contributed by atoms with E-state index in [-0.39, 0.29) is 70.1 Å². The van der Waals surface area contributed by atoms with Crippen LogP contribution in [0.5, 0.6) is 0 Å². The summed E-state index contributed by atoms with van der Waals surface area (Å²) in [6, 6.07) is 12.5. The average Bonchev–Trinajstić information content (AvgIpc) is 3.87. The molecule has 2 aliphatic heterocycles. The van der Waals surface area contributed by atoms with Gasteiger partial charge in [0.1, 0.15) is 30.9 Å². The number of pyridine rings is 2. The van der Waals surface area contributed by atoms with E-state index < -0.39 is 59.2 Å². The number of carbonyl (C=O) groups is 5. The van der Waals surface area contributed by atoms with Crippen molar-refractivity contribution in [3.05, 3.63) is 110 Å². The quantitative estimate of drug-likeness (QED) is 0.0415. The van der Waals surface area contributed by atoms with Gasteiger partial charge in [-0.05, 0) is 42.2 Å². The molecule has 0 fully saturated rings. The highest BCUT2D eigenvalue weighted by atomic mass is 19.1. The molecule has 0 saturated carbocycles. The molecule has 0 bridgehead atoms. The zero-order valence-electron chi connectivity index (χ0n) is 33.2. The number of aliphatic hydroxyl groups is 1. The summed E-state index contributed by atoms with van der Waals surface area (Å²) >= 11 is 0. The number of nitrogens with two attached hydrogens (primary N) is 1. The number of fused-ring (bicyclic) bond motifs is 5. The second kappa shape index (κ2) is 17.8. The van der Waals surface area contributed by atoms with Gasteiger partial charge in [-0.15, -0.1) is 5.10 Å². The van der Waals surface area contributed by atoms with E-state index in [9.17, 15) is 38.3 Å². The maximum atomic E-state index is 14.9. The second-order valence-electron chi connectivity index (χ2n) is 14.6. The first-order chi connectivity index (χ1) is 29.3. The molecule has 3 aromatic heterocycles. The van der Waals surface area contributed by atoms with Crippen molar-refractivity contribution in [2.75, 3.05) is 26.4 Å². The Balaban J connectivity index is 0.990. The number of ether oxygens (including phenoxy) is 2. The third-order valence-electron chi connectivity index (χ3n) is 10.6. The smallest absolute Gasteiger partial charge is 0.343 e. The van der Waals surface area contributed by atoms with E-state index in [1.807, 2.05) is 6.07 Å². The number of hydrogen-bond acceptors (Lipinski definition) is 13. The van der Waals surface area contributed by atoms with Gasteiger partial charge in [0.05, 0.1) is 68.0 Å².